The van der Waals surface area contributed by atoms with Crippen molar-refractivity contribution in [3.8, 4) is 0 Å². The normalized spacial score (nSPS) is 11.8. The average molecular weight is 350 g/mol. The van der Waals surface area contributed by atoms with E-state index in [2.05, 4.69) is 10.5 Å². The maximum Gasteiger partial charge on any atom is 0.311 e. The summed E-state index contributed by atoms with van der Waals surface area (Å²) in [6.07, 6.45) is 1.61. The highest BCUT2D eigenvalue weighted by atomic mass is 16.6. The molecule has 10 heteroatoms. The molecule has 0 aromatic heterocycles. The fourth-order valence-corrected chi connectivity index (χ4v) is 1.79. The van der Waals surface area contributed by atoms with E-state index >= 15 is 0 Å². The zero-order valence-corrected chi connectivity index (χ0v) is 14.0. The van der Waals surface area contributed by atoms with Gasteiger partial charge in [-0.3, -0.25) is 30.4 Å². The minimum atomic E-state index is -0.752. The van der Waals surface area contributed by atoms with Gasteiger partial charge in [-0.05, 0) is 32.4 Å². The van der Waals surface area contributed by atoms with Crippen LogP contribution >= 0.6 is 0 Å². The van der Waals surface area contributed by atoms with E-state index in [-0.39, 0.29) is 18.7 Å². The Hall–Kier alpha value is -3.30. The van der Waals surface area contributed by atoms with Crippen LogP contribution in [0.2, 0.25) is 0 Å². The number of nitro groups is 2. The van der Waals surface area contributed by atoms with Crippen molar-refractivity contribution in [3.05, 3.63) is 50.1 Å². The number of nitro benzene ring substituents is 2. The summed E-state index contributed by atoms with van der Waals surface area (Å²) in [5, 5.41) is 25.9. The Labute approximate surface area is 143 Å². The van der Waals surface area contributed by atoms with E-state index in [1.165, 1.54) is 6.07 Å². The molecule has 0 saturated heterocycles. The molecule has 0 spiro atoms. The number of nitrogens with zero attached hydrogens (tertiary/aromatic N) is 3. The fourth-order valence-electron chi connectivity index (χ4n) is 1.79. The van der Waals surface area contributed by atoms with Crippen LogP contribution < -0.4 is 5.43 Å². The van der Waals surface area contributed by atoms with Crippen molar-refractivity contribution in [1.82, 2.24) is 0 Å². The van der Waals surface area contributed by atoms with Crippen LogP contribution in [0.5, 0.6) is 0 Å². The van der Waals surface area contributed by atoms with E-state index < -0.39 is 27.2 Å². The molecule has 1 aromatic rings. The van der Waals surface area contributed by atoms with Crippen molar-refractivity contribution < 1.29 is 19.4 Å². The zero-order chi connectivity index (χ0) is 19.0. The Morgan fingerprint density at radius 2 is 2.00 bits per heavy atom. The molecule has 0 aliphatic carbocycles. The molecule has 25 heavy (non-hydrogen) atoms. The van der Waals surface area contributed by atoms with Gasteiger partial charge >= 0.3 is 11.7 Å². The fraction of sp³-hybridized carbons (Fsp3) is 0.333. The summed E-state index contributed by atoms with van der Waals surface area (Å²) < 4.78 is 4.87. The smallest absolute Gasteiger partial charge is 0.311 e. The van der Waals surface area contributed by atoms with Crippen molar-refractivity contribution in [3.63, 3.8) is 0 Å². The van der Waals surface area contributed by atoms with Gasteiger partial charge in [0.1, 0.15) is 5.69 Å². The highest BCUT2D eigenvalue weighted by Crippen LogP contribution is 2.29. The Bertz CT molecular complexity index is 742. The first-order valence-corrected chi connectivity index (χ1v) is 7.34. The molecule has 0 saturated carbocycles. The standard InChI is InChI=1S/C15H18N4O6/c1-4-10(3)13(9-15(20)25-5-2)17-16-12-7-6-11(18(21)22)8-14(12)19(23)24/h4,6-8,16H,5,9H2,1-3H3. The number of nitrogens with one attached hydrogen (secondary N) is 1. The first-order valence-electron chi connectivity index (χ1n) is 7.34. The van der Waals surface area contributed by atoms with Gasteiger partial charge < -0.3 is 4.74 Å². The van der Waals surface area contributed by atoms with Crippen molar-refractivity contribution in [2.45, 2.75) is 27.2 Å². The van der Waals surface area contributed by atoms with Crippen LogP contribution in [0.1, 0.15) is 27.2 Å². The molecule has 134 valence electrons. The average Bonchev–Trinajstić information content (AvgIpc) is 2.57. The van der Waals surface area contributed by atoms with E-state index in [0.29, 0.717) is 11.3 Å². The van der Waals surface area contributed by atoms with Gasteiger partial charge in [0.05, 0.1) is 34.7 Å². The minimum Gasteiger partial charge on any atom is -0.466 e. The third-order valence-electron chi connectivity index (χ3n) is 3.21. The molecule has 0 aliphatic rings. The van der Waals surface area contributed by atoms with Gasteiger partial charge in [0.2, 0.25) is 0 Å². The third kappa shape index (κ3) is 5.68. The summed E-state index contributed by atoms with van der Waals surface area (Å²) >= 11 is 0. The van der Waals surface area contributed by atoms with Gasteiger partial charge in [-0.25, -0.2) is 0 Å². The lowest BCUT2D eigenvalue weighted by Crippen LogP contribution is -2.14. The number of hydrazone groups is 1. The zero-order valence-electron chi connectivity index (χ0n) is 14.0. The summed E-state index contributed by atoms with van der Waals surface area (Å²) in [4.78, 5) is 32.0. The topological polar surface area (TPSA) is 137 Å². The van der Waals surface area contributed by atoms with Crippen molar-refractivity contribution in [1.29, 1.82) is 0 Å². The highest BCUT2D eigenvalue weighted by molar-refractivity contribution is 6.09. The number of ether oxygens (including phenoxy) is 1. The third-order valence-corrected chi connectivity index (χ3v) is 3.21. The number of hydrogen-bond acceptors (Lipinski definition) is 8. The molecule has 10 nitrogen and oxygen atoms in total. The second-order valence-corrected chi connectivity index (χ2v) is 4.84. The molecule has 0 heterocycles. The molecular formula is C15H18N4O6. The first kappa shape index (κ1) is 19.7. The molecule has 0 radical (unpaired) electrons. The minimum absolute atomic E-state index is 0.0270. The monoisotopic (exact) mass is 350 g/mol. The number of rotatable bonds is 8. The van der Waals surface area contributed by atoms with Crippen molar-refractivity contribution in [2.24, 2.45) is 5.10 Å². The number of carbonyl (C=O) groups excluding carboxylic acids is 1. The predicted molar refractivity (Wildman–Crippen MR) is 91.5 cm³/mol. The second kappa shape index (κ2) is 9.11. The Balaban J connectivity index is 3.15. The first-order chi connectivity index (χ1) is 11.8. The molecule has 0 bridgehead atoms. The predicted octanol–water partition coefficient (Wildman–Crippen LogP) is 3.19. The summed E-state index contributed by atoms with van der Waals surface area (Å²) in [5.41, 5.74) is 2.60. The van der Waals surface area contributed by atoms with E-state index in [9.17, 15) is 25.0 Å². The maximum absolute atomic E-state index is 11.6. The molecule has 1 aromatic carbocycles. The van der Waals surface area contributed by atoms with Gasteiger partial charge in [0.25, 0.3) is 5.69 Å². The van der Waals surface area contributed by atoms with Crippen molar-refractivity contribution in [2.75, 3.05) is 12.0 Å². The number of allylic oxidation sites excluding steroid dienone is 2. The number of hydrogen-bond donors (Lipinski definition) is 1. The van der Waals surface area contributed by atoms with Crippen LogP contribution in [0.4, 0.5) is 17.1 Å². The maximum atomic E-state index is 11.6. The van der Waals surface area contributed by atoms with Gasteiger partial charge in [-0.1, -0.05) is 6.08 Å². The lowest BCUT2D eigenvalue weighted by atomic mass is 10.1. The van der Waals surface area contributed by atoms with Crippen LogP contribution in [0.25, 0.3) is 0 Å². The highest BCUT2D eigenvalue weighted by Gasteiger charge is 2.19. The van der Waals surface area contributed by atoms with Gasteiger partial charge in [0, 0.05) is 6.07 Å². The lowest BCUT2D eigenvalue weighted by molar-refractivity contribution is -0.393. The second-order valence-electron chi connectivity index (χ2n) is 4.84. The summed E-state index contributed by atoms with van der Waals surface area (Å²) in [6.45, 7) is 5.38. The lowest BCUT2D eigenvalue weighted by Gasteiger charge is -2.08. The number of non-ortho nitro benzene ring substituents is 1. The van der Waals surface area contributed by atoms with Crippen molar-refractivity contribution >= 4 is 28.7 Å². The van der Waals surface area contributed by atoms with E-state index in [1.807, 2.05) is 0 Å². The van der Waals surface area contributed by atoms with Gasteiger partial charge in [0.15, 0.2) is 0 Å². The Morgan fingerprint density at radius 3 is 2.52 bits per heavy atom. The van der Waals surface area contributed by atoms with E-state index in [0.717, 1.165) is 12.1 Å². The molecule has 0 unspecified atom stereocenters. The Morgan fingerprint density at radius 1 is 1.32 bits per heavy atom. The molecular weight excluding hydrogens is 332 g/mol. The summed E-state index contributed by atoms with van der Waals surface area (Å²) in [5.74, 6) is -0.484. The molecule has 1 rings (SSSR count). The SMILES string of the molecule is CC=C(C)C(CC(=O)OCC)=NNc1ccc([N+](=O)[O-])cc1[N+](=O)[O-]. The number of carbonyl (C=O) groups is 1. The quantitative estimate of drug-likeness (QED) is 0.329. The summed E-state index contributed by atoms with van der Waals surface area (Å²) in [6, 6.07) is 3.15. The summed E-state index contributed by atoms with van der Waals surface area (Å²) in [7, 11) is 0. The van der Waals surface area contributed by atoms with Gasteiger partial charge in [-0.2, -0.15) is 5.10 Å². The van der Waals surface area contributed by atoms with Crippen LogP contribution in [-0.4, -0.2) is 28.1 Å². The van der Waals surface area contributed by atoms with E-state index in [4.69, 9.17) is 4.74 Å². The van der Waals surface area contributed by atoms with Gasteiger partial charge in [-0.15, -0.1) is 0 Å². The van der Waals surface area contributed by atoms with Crippen LogP contribution in [0.15, 0.2) is 34.9 Å². The molecule has 0 atom stereocenters. The number of esters is 1. The molecule has 1 N–H and O–H groups in total. The van der Waals surface area contributed by atoms with E-state index in [1.54, 1.807) is 26.8 Å². The van der Waals surface area contributed by atoms with Crippen LogP contribution in [0.3, 0.4) is 0 Å². The Kier molecular flexibility index (Phi) is 7.19. The van der Waals surface area contributed by atoms with Crippen LogP contribution in [0, 0.1) is 20.2 Å². The molecule has 0 aliphatic heterocycles. The number of anilines is 1. The molecule has 0 fully saturated rings. The number of benzene rings is 1. The largest absolute Gasteiger partial charge is 0.466 e. The molecule has 0 amide bonds. The van der Waals surface area contributed by atoms with Crippen LogP contribution in [-0.2, 0) is 9.53 Å².